The van der Waals surface area contributed by atoms with Gasteiger partial charge in [-0.3, -0.25) is 4.79 Å². The predicted molar refractivity (Wildman–Crippen MR) is 84.7 cm³/mol. The van der Waals surface area contributed by atoms with E-state index < -0.39 is 0 Å². The van der Waals surface area contributed by atoms with Gasteiger partial charge in [-0.15, -0.1) is 11.3 Å². The lowest BCUT2D eigenvalue weighted by Crippen LogP contribution is -2.51. The van der Waals surface area contributed by atoms with Gasteiger partial charge in [-0.25, -0.2) is 4.98 Å². The summed E-state index contributed by atoms with van der Waals surface area (Å²) >= 11 is 1.34. The van der Waals surface area contributed by atoms with Gasteiger partial charge >= 0.3 is 0 Å². The highest BCUT2D eigenvalue weighted by Crippen LogP contribution is 2.33. The van der Waals surface area contributed by atoms with Crippen LogP contribution in [0.4, 0.5) is 5.69 Å². The monoisotopic (exact) mass is 305 g/mol. The Labute approximate surface area is 127 Å². The summed E-state index contributed by atoms with van der Waals surface area (Å²) in [6.45, 7) is 5.24. The molecule has 2 aromatic heterocycles. The molecule has 1 aliphatic rings. The van der Waals surface area contributed by atoms with Gasteiger partial charge in [0.1, 0.15) is 9.71 Å². The molecule has 1 fully saturated rings. The molecule has 1 unspecified atom stereocenters. The molecule has 0 aliphatic carbocycles. The van der Waals surface area contributed by atoms with E-state index in [1.165, 1.54) is 11.3 Å². The molecule has 1 aliphatic heterocycles. The number of carbonyl (C=O) groups excluding carboxylic acids is 1. The molecule has 0 spiro atoms. The fraction of sp³-hybridized carbons (Fsp3) is 0.467. The number of aryl methyl sites for hydroxylation is 1. The molecule has 1 saturated heterocycles. The summed E-state index contributed by atoms with van der Waals surface area (Å²) in [5.41, 5.74) is 7.23. The number of nitrogens with two attached hydrogens (primary N) is 1. The number of thiophene rings is 1. The first-order valence-corrected chi connectivity index (χ1v) is 7.86. The number of hydrogen-bond acceptors (Lipinski definition) is 5. The first-order chi connectivity index (χ1) is 9.98. The normalized spacial score (nSPS) is 22.4. The Morgan fingerprint density at radius 3 is 3.05 bits per heavy atom. The second-order valence-corrected chi connectivity index (χ2v) is 6.82. The Bertz CT molecular complexity index is 690. The topological polar surface area (TPSA) is 77.2 Å². The van der Waals surface area contributed by atoms with Crippen molar-refractivity contribution in [1.82, 2.24) is 10.3 Å². The van der Waals surface area contributed by atoms with E-state index in [2.05, 4.69) is 10.3 Å². The first kappa shape index (κ1) is 14.3. The van der Waals surface area contributed by atoms with E-state index in [1.54, 1.807) is 0 Å². The van der Waals surface area contributed by atoms with Crippen LogP contribution in [0.1, 0.15) is 35.1 Å². The van der Waals surface area contributed by atoms with Crippen molar-refractivity contribution in [2.24, 2.45) is 0 Å². The van der Waals surface area contributed by atoms with E-state index in [9.17, 15) is 4.79 Å². The molecule has 1 amide bonds. The zero-order valence-corrected chi connectivity index (χ0v) is 13.0. The summed E-state index contributed by atoms with van der Waals surface area (Å²) in [6.07, 6.45) is 1.88. The number of carbonyl (C=O) groups is 1. The summed E-state index contributed by atoms with van der Waals surface area (Å²) in [5, 5.41) is 3.91. The van der Waals surface area contributed by atoms with E-state index in [0.29, 0.717) is 17.2 Å². The summed E-state index contributed by atoms with van der Waals surface area (Å²) in [4.78, 5) is 18.3. The number of aromatic nitrogens is 1. The van der Waals surface area contributed by atoms with Crippen LogP contribution in [0.5, 0.6) is 0 Å². The van der Waals surface area contributed by atoms with E-state index in [0.717, 1.165) is 35.4 Å². The van der Waals surface area contributed by atoms with Crippen molar-refractivity contribution in [3.63, 3.8) is 0 Å². The zero-order valence-electron chi connectivity index (χ0n) is 12.2. The molecule has 0 saturated carbocycles. The Hall–Kier alpha value is -1.66. The van der Waals surface area contributed by atoms with Crippen molar-refractivity contribution >= 4 is 33.1 Å². The van der Waals surface area contributed by atoms with Crippen molar-refractivity contribution in [2.45, 2.75) is 32.2 Å². The molecule has 3 rings (SSSR count). The van der Waals surface area contributed by atoms with Crippen LogP contribution in [0, 0.1) is 6.92 Å². The molecule has 3 heterocycles. The Balaban J connectivity index is 1.89. The number of pyridine rings is 1. The van der Waals surface area contributed by atoms with E-state index in [4.69, 9.17) is 10.5 Å². The minimum Gasteiger partial charge on any atom is -0.397 e. The molecule has 0 radical (unpaired) electrons. The van der Waals surface area contributed by atoms with Gasteiger partial charge in [-0.05, 0) is 38.8 Å². The smallest absolute Gasteiger partial charge is 0.264 e. The Morgan fingerprint density at radius 1 is 1.52 bits per heavy atom. The van der Waals surface area contributed by atoms with Crippen LogP contribution >= 0.6 is 11.3 Å². The van der Waals surface area contributed by atoms with E-state index in [-0.39, 0.29) is 11.4 Å². The zero-order chi connectivity index (χ0) is 15.0. The third-order valence-electron chi connectivity index (χ3n) is 3.79. The highest BCUT2D eigenvalue weighted by Gasteiger charge is 2.31. The summed E-state index contributed by atoms with van der Waals surface area (Å²) in [6, 6.07) is 3.83. The van der Waals surface area contributed by atoms with Gasteiger partial charge in [-0.1, -0.05) is 0 Å². The van der Waals surface area contributed by atoms with Crippen LogP contribution < -0.4 is 11.1 Å². The average Bonchev–Trinajstić information content (AvgIpc) is 2.76. The van der Waals surface area contributed by atoms with Crippen LogP contribution in [0.3, 0.4) is 0 Å². The molecule has 112 valence electrons. The minimum atomic E-state index is -0.318. The van der Waals surface area contributed by atoms with Gasteiger partial charge in [0.2, 0.25) is 0 Å². The second-order valence-electron chi connectivity index (χ2n) is 5.82. The number of hydrogen-bond donors (Lipinski definition) is 2. The minimum absolute atomic E-state index is 0.138. The number of fused-ring (bicyclic) bond motifs is 1. The fourth-order valence-electron chi connectivity index (χ4n) is 2.62. The van der Waals surface area contributed by atoms with Crippen molar-refractivity contribution in [3.05, 3.63) is 22.7 Å². The molecule has 3 N–H and O–H groups in total. The van der Waals surface area contributed by atoms with Crippen LogP contribution in [0.2, 0.25) is 0 Å². The summed E-state index contributed by atoms with van der Waals surface area (Å²) in [7, 11) is 0. The molecule has 6 heteroatoms. The molecule has 0 bridgehead atoms. The van der Waals surface area contributed by atoms with Gasteiger partial charge in [0.25, 0.3) is 5.91 Å². The number of nitrogens with one attached hydrogen (secondary N) is 1. The average molecular weight is 305 g/mol. The van der Waals surface area contributed by atoms with Crippen LogP contribution in [0.25, 0.3) is 10.2 Å². The van der Waals surface area contributed by atoms with Crippen LogP contribution in [0.15, 0.2) is 12.1 Å². The van der Waals surface area contributed by atoms with Gasteiger partial charge in [0.05, 0.1) is 17.8 Å². The number of anilines is 1. The lowest BCUT2D eigenvalue weighted by Gasteiger charge is -2.34. The molecule has 1 atom stereocenters. The second kappa shape index (κ2) is 5.27. The van der Waals surface area contributed by atoms with E-state index in [1.807, 2.05) is 26.0 Å². The number of rotatable bonds is 2. The fourth-order valence-corrected chi connectivity index (χ4v) is 3.66. The maximum absolute atomic E-state index is 12.5. The number of nitrogen functional groups attached to an aromatic ring is 1. The third-order valence-corrected chi connectivity index (χ3v) is 4.91. The maximum Gasteiger partial charge on any atom is 0.264 e. The third kappa shape index (κ3) is 2.73. The Morgan fingerprint density at radius 2 is 2.33 bits per heavy atom. The highest BCUT2D eigenvalue weighted by molar-refractivity contribution is 7.21. The standard InChI is InChI=1S/C15H19N3O2S/c1-9-4-5-10-11(16)12(21-14(10)17-9)13(19)18-15(2)6-3-7-20-8-15/h4-5H,3,6-8,16H2,1-2H3,(H,18,19). The first-order valence-electron chi connectivity index (χ1n) is 7.04. The van der Waals surface area contributed by atoms with Crippen molar-refractivity contribution in [2.75, 3.05) is 18.9 Å². The molecule has 21 heavy (non-hydrogen) atoms. The quantitative estimate of drug-likeness (QED) is 0.893. The largest absolute Gasteiger partial charge is 0.397 e. The van der Waals surface area contributed by atoms with Crippen LogP contribution in [-0.4, -0.2) is 29.6 Å². The molecule has 2 aromatic rings. The lowest BCUT2D eigenvalue weighted by atomic mass is 9.95. The van der Waals surface area contributed by atoms with Gasteiger partial charge < -0.3 is 15.8 Å². The SMILES string of the molecule is Cc1ccc2c(N)c(C(=O)NC3(C)CCCOC3)sc2n1. The predicted octanol–water partition coefficient (Wildman–Crippen LogP) is 2.49. The van der Waals surface area contributed by atoms with Crippen molar-refractivity contribution < 1.29 is 9.53 Å². The highest BCUT2D eigenvalue weighted by atomic mass is 32.1. The molecule has 5 nitrogen and oxygen atoms in total. The summed E-state index contributed by atoms with van der Waals surface area (Å²) in [5.74, 6) is -0.138. The Kier molecular flexibility index (Phi) is 3.59. The maximum atomic E-state index is 12.5. The molecule has 0 aromatic carbocycles. The van der Waals surface area contributed by atoms with Crippen LogP contribution in [-0.2, 0) is 4.74 Å². The van der Waals surface area contributed by atoms with E-state index >= 15 is 0 Å². The number of nitrogens with zero attached hydrogens (tertiary/aromatic N) is 1. The number of amides is 1. The van der Waals surface area contributed by atoms with Gasteiger partial charge in [0, 0.05) is 17.7 Å². The summed E-state index contributed by atoms with van der Waals surface area (Å²) < 4.78 is 5.47. The van der Waals surface area contributed by atoms with Crippen molar-refractivity contribution in [1.29, 1.82) is 0 Å². The van der Waals surface area contributed by atoms with Crippen molar-refractivity contribution in [3.8, 4) is 0 Å². The molecular formula is C15H19N3O2S. The lowest BCUT2D eigenvalue weighted by molar-refractivity contribution is 0.0274. The molecular weight excluding hydrogens is 286 g/mol. The van der Waals surface area contributed by atoms with Gasteiger partial charge in [0.15, 0.2) is 0 Å². The van der Waals surface area contributed by atoms with Gasteiger partial charge in [-0.2, -0.15) is 0 Å². The number of ether oxygens (including phenoxy) is 1.